The van der Waals surface area contributed by atoms with Crippen molar-refractivity contribution in [3.05, 3.63) is 58.9 Å². The van der Waals surface area contributed by atoms with Gasteiger partial charge in [-0.25, -0.2) is 4.39 Å². The molecule has 0 atom stereocenters. The third-order valence-corrected chi connectivity index (χ3v) is 2.82. The van der Waals surface area contributed by atoms with E-state index in [2.05, 4.69) is 5.32 Å². The molecule has 0 aliphatic heterocycles. The Kier molecular flexibility index (Phi) is 3.67. The largest absolute Gasteiger partial charge is 0.507 e. The number of aromatic hydroxyl groups is 1. The highest BCUT2D eigenvalue weighted by atomic mass is 19.1. The maximum absolute atomic E-state index is 12.9. The van der Waals surface area contributed by atoms with Crippen LogP contribution >= 0.6 is 0 Å². The molecule has 0 aromatic heterocycles. The number of nitriles is 1. The average Bonchev–Trinajstić information content (AvgIpc) is 2.41. The van der Waals surface area contributed by atoms with Crippen LogP contribution in [0.3, 0.4) is 0 Å². The molecular weight excluding hydrogens is 259 g/mol. The molecule has 1 amide bonds. The number of nitrogens with one attached hydrogen (secondary N) is 1. The van der Waals surface area contributed by atoms with Crippen molar-refractivity contribution >= 4 is 11.6 Å². The molecule has 2 aromatic rings. The molecule has 0 radical (unpaired) electrons. The highest BCUT2D eigenvalue weighted by Crippen LogP contribution is 2.22. The molecule has 2 aromatic carbocycles. The maximum atomic E-state index is 12.9. The smallest absolute Gasteiger partial charge is 0.259 e. The van der Waals surface area contributed by atoms with E-state index in [0.717, 1.165) is 17.7 Å². The first-order valence-corrected chi connectivity index (χ1v) is 5.82. The number of carbonyl (C=O) groups excluding carboxylic acids is 1. The van der Waals surface area contributed by atoms with Crippen molar-refractivity contribution in [3.63, 3.8) is 0 Å². The predicted octanol–water partition coefficient (Wildman–Crippen LogP) is 2.96. The second-order valence-corrected chi connectivity index (χ2v) is 4.26. The number of phenols is 1. The van der Waals surface area contributed by atoms with Crippen LogP contribution in [0.4, 0.5) is 10.1 Å². The molecule has 100 valence electrons. The van der Waals surface area contributed by atoms with Gasteiger partial charge in [0.05, 0.1) is 17.2 Å². The summed E-state index contributed by atoms with van der Waals surface area (Å²) in [5.74, 6) is -1.63. The first-order valence-electron chi connectivity index (χ1n) is 5.82. The summed E-state index contributed by atoms with van der Waals surface area (Å²) >= 11 is 0. The molecule has 2 N–H and O–H groups in total. The number of benzene rings is 2. The second-order valence-electron chi connectivity index (χ2n) is 4.26. The Hall–Kier alpha value is -2.87. The van der Waals surface area contributed by atoms with Gasteiger partial charge in [0.25, 0.3) is 5.91 Å². The number of rotatable bonds is 2. The summed E-state index contributed by atoms with van der Waals surface area (Å²) in [5, 5.41) is 21.0. The fourth-order valence-corrected chi connectivity index (χ4v) is 1.71. The van der Waals surface area contributed by atoms with Crippen LogP contribution in [-0.2, 0) is 0 Å². The molecule has 0 unspecified atom stereocenters. The van der Waals surface area contributed by atoms with Crippen LogP contribution in [0.1, 0.15) is 21.5 Å². The third kappa shape index (κ3) is 2.75. The Morgan fingerprint density at radius 3 is 2.70 bits per heavy atom. The molecule has 0 heterocycles. The zero-order valence-electron chi connectivity index (χ0n) is 10.6. The molecule has 0 saturated carbocycles. The Labute approximate surface area is 115 Å². The fourth-order valence-electron chi connectivity index (χ4n) is 1.71. The lowest BCUT2D eigenvalue weighted by molar-refractivity contribution is 0.102. The Morgan fingerprint density at radius 2 is 2.05 bits per heavy atom. The Morgan fingerprint density at radius 1 is 1.30 bits per heavy atom. The summed E-state index contributed by atoms with van der Waals surface area (Å²) in [7, 11) is 0. The van der Waals surface area contributed by atoms with E-state index < -0.39 is 17.5 Å². The van der Waals surface area contributed by atoms with Crippen molar-refractivity contribution < 1.29 is 14.3 Å². The third-order valence-electron chi connectivity index (χ3n) is 2.82. The molecule has 0 fully saturated rings. The quantitative estimate of drug-likeness (QED) is 0.881. The van der Waals surface area contributed by atoms with Gasteiger partial charge in [0.15, 0.2) is 0 Å². The highest BCUT2D eigenvalue weighted by Gasteiger charge is 2.13. The average molecular weight is 270 g/mol. The van der Waals surface area contributed by atoms with Crippen LogP contribution in [0.2, 0.25) is 0 Å². The molecular formula is C15H11FN2O2. The molecule has 20 heavy (non-hydrogen) atoms. The predicted molar refractivity (Wildman–Crippen MR) is 71.9 cm³/mol. The topological polar surface area (TPSA) is 73.1 Å². The lowest BCUT2D eigenvalue weighted by Crippen LogP contribution is -2.13. The first kappa shape index (κ1) is 13.6. The van der Waals surface area contributed by atoms with Gasteiger partial charge in [-0.2, -0.15) is 5.26 Å². The molecule has 0 spiro atoms. The summed E-state index contributed by atoms with van der Waals surface area (Å²) in [5.41, 5.74) is 1.62. The van der Waals surface area contributed by atoms with Gasteiger partial charge >= 0.3 is 0 Å². The Bertz CT molecular complexity index is 720. The van der Waals surface area contributed by atoms with Crippen molar-refractivity contribution in [3.8, 4) is 11.8 Å². The van der Waals surface area contributed by atoms with E-state index in [1.54, 1.807) is 19.1 Å². The molecule has 0 saturated heterocycles. The number of hydrogen-bond donors (Lipinski definition) is 2. The van der Waals surface area contributed by atoms with Crippen LogP contribution in [0.15, 0.2) is 36.4 Å². The van der Waals surface area contributed by atoms with Gasteiger partial charge in [0.1, 0.15) is 11.6 Å². The SMILES string of the molecule is Cc1ccc(C#N)cc1NC(=O)c1ccc(F)cc1O. The van der Waals surface area contributed by atoms with Gasteiger partial charge in [-0.3, -0.25) is 4.79 Å². The number of aryl methyl sites for hydroxylation is 1. The van der Waals surface area contributed by atoms with E-state index in [1.807, 2.05) is 6.07 Å². The van der Waals surface area contributed by atoms with Crippen LogP contribution in [-0.4, -0.2) is 11.0 Å². The van der Waals surface area contributed by atoms with E-state index >= 15 is 0 Å². The van der Waals surface area contributed by atoms with Gasteiger partial charge < -0.3 is 10.4 Å². The standard InChI is InChI=1S/C15H11FN2O2/c1-9-2-3-10(8-17)6-13(9)18-15(20)12-5-4-11(16)7-14(12)19/h2-7,19H,1H3,(H,18,20). The number of phenolic OH excluding ortho intramolecular Hbond substituents is 1. The van der Waals surface area contributed by atoms with Crippen molar-refractivity contribution in [1.82, 2.24) is 0 Å². The number of anilines is 1. The van der Waals surface area contributed by atoms with Crippen LogP contribution in [0.5, 0.6) is 5.75 Å². The van der Waals surface area contributed by atoms with E-state index in [4.69, 9.17) is 5.26 Å². The monoisotopic (exact) mass is 270 g/mol. The second kappa shape index (κ2) is 5.41. The van der Waals surface area contributed by atoms with E-state index in [-0.39, 0.29) is 5.56 Å². The van der Waals surface area contributed by atoms with Crippen LogP contribution in [0.25, 0.3) is 0 Å². The number of hydrogen-bond acceptors (Lipinski definition) is 3. The number of halogens is 1. The summed E-state index contributed by atoms with van der Waals surface area (Å²) in [6.45, 7) is 1.78. The van der Waals surface area contributed by atoms with Gasteiger partial charge in [-0.1, -0.05) is 6.07 Å². The zero-order chi connectivity index (χ0) is 14.7. The summed E-state index contributed by atoms with van der Waals surface area (Å²) in [6.07, 6.45) is 0. The minimum Gasteiger partial charge on any atom is -0.507 e. The van der Waals surface area contributed by atoms with Crippen LogP contribution < -0.4 is 5.32 Å². The molecule has 2 rings (SSSR count). The van der Waals surface area contributed by atoms with E-state index in [1.165, 1.54) is 12.1 Å². The summed E-state index contributed by atoms with van der Waals surface area (Å²) in [6, 6.07) is 10.0. The maximum Gasteiger partial charge on any atom is 0.259 e. The van der Waals surface area contributed by atoms with E-state index in [0.29, 0.717) is 11.3 Å². The van der Waals surface area contributed by atoms with Gasteiger partial charge in [-0.05, 0) is 36.8 Å². The number of nitrogens with zero attached hydrogens (tertiary/aromatic N) is 1. The number of carbonyl (C=O) groups is 1. The fraction of sp³-hybridized carbons (Fsp3) is 0.0667. The van der Waals surface area contributed by atoms with E-state index in [9.17, 15) is 14.3 Å². The molecule has 0 aliphatic rings. The van der Waals surface area contributed by atoms with Crippen molar-refractivity contribution in [1.29, 1.82) is 5.26 Å². The van der Waals surface area contributed by atoms with Crippen molar-refractivity contribution in [2.45, 2.75) is 6.92 Å². The van der Waals surface area contributed by atoms with Gasteiger partial charge in [0.2, 0.25) is 0 Å². The normalized spacial score (nSPS) is 9.85. The number of amides is 1. The molecule has 0 aliphatic carbocycles. The van der Waals surface area contributed by atoms with Gasteiger partial charge in [-0.15, -0.1) is 0 Å². The summed E-state index contributed by atoms with van der Waals surface area (Å²) < 4.78 is 12.9. The first-order chi connectivity index (χ1) is 9.51. The van der Waals surface area contributed by atoms with Gasteiger partial charge in [0, 0.05) is 11.8 Å². The lowest BCUT2D eigenvalue weighted by Gasteiger charge is -2.09. The van der Waals surface area contributed by atoms with Crippen LogP contribution in [0, 0.1) is 24.1 Å². The minimum atomic E-state index is -0.623. The highest BCUT2D eigenvalue weighted by molar-refractivity contribution is 6.06. The summed E-state index contributed by atoms with van der Waals surface area (Å²) in [4.78, 5) is 12.0. The molecule has 0 bridgehead atoms. The zero-order valence-corrected chi connectivity index (χ0v) is 10.6. The molecule has 5 heteroatoms. The Balaban J connectivity index is 2.30. The van der Waals surface area contributed by atoms with Crippen molar-refractivity contribution in [2.24, 2.45) is 0 Å². The lowest BCUT2D eigenvalue weighted by atomic mass is 10.1. The minimum absolute atomic E-state index is 0.0341. The van der Waals surface area contributed by atoms with Crippen molar-refractivity contribution in [2.75, 3.05) is 5.32 Å². The molecule has 4 nitrogen and oxygen atoms in total.